The van der Waals surface area contributed by atoms with Gasteiger partial charge >= 0.3 is 0 Å². The van der Waals surface area contributed by atoms with Crippen LogP contribution in [0.25, 0.3) is 0 Å². The minimum absolute atomic E-state index is 0.637. The first-order valence-corrected chi connectivity index (χ1v) is 7.41. The Morgan fingerprint density at radius 2 is 1.48 bits per heavy atom. The average molecular weight is 295 g/mol. The van der Waals surface area contributed by atoms with Crippen molar-refractivity contribution in [2.24, 2.45) is 5.73 Å². The van der Waals surface area contributed by atoms with Crippen molar-refractivity contribution in [3.63, 3.8) is 0 Å². The number of hydrogen-bond donors (Lipinski definition) is 1. The van der Waals surface area contributed by atoms with Crippen molar-refractivity contribution < 1.29 is 9.47 Å². The number of hydrogen-bond acceptors (Lipinski definition) is 5. The van der Waals surface area contributed by atoms with Crippen LogP contribution in [0.5, 0.6) is 11.5 Å². The monoisotopic (exact) mass is 295 g/mol. The molecule has 0 unspecified atom stereocenters. The number of likely N-dealkylation sites (N-methyl/N-ethyl adjacent to an activating group) is 2. The molecule has 0 heterocycles. The molecule has 5 heteroatoms. The molecule has 1 rings (SSSR count). The molecular weight excluding hydrogens is 266 g/mol. The van der Waals surface area contributed by atoms with Gasteiger partial charge in [-0.2, -0.15) is 0 Å². The third-order valence-corrected chi connectivity index (χ3v) is 3.03. The van der Waals surface area contributed by atoms with E-state index in [9.17, 15) is 0 Å². The van der Waals surface area contributed by atoms with Crippen molar-refractivity contribution in [1.82, 2.24) is 9.80 Å². The van der Waals surface area contributed by atoms with Crippen LogP contribution >= 0.6 is 0 Å². The van der Waals surface area contributed by atoms with Crippen LogP contribution in [0.15, 0.2) is 18.2 Å². The molecule has 0 spiro atoms. The first-order chi connectivity index (χ1) is 10.0. The standard InChI is InChI=1S/C16H29N3O2/c1-18(2)9-11-20-15-6-5-14(7-8-17)13-16(15)21-12-10-19(3)4/h5-6,13H,7-12,17H2,1-4H3. The van der Waals surface area contributed by atoms with Crippen LogP contribution in [0.4, 0.5) is 0 Å². The highest BCUT2D eigenvalue weighted by atomic mass is 16.5. The predicted octanol–water partition coefficient (Wildman–Crippen LogP) is 1.07. The van der Waals surface area contributed by atoms with E-state index in [-0.39, 0.29) is 0 Å². The molecule has 0 atom stereocenters. The van der Waals surface area contributed by atoms with E-state index in [0.29, 0.717) is 19.8 Å². The second-order valence-corrected chi connectivity index (χ2v) is 5.62. The number of nitrogens with two attached hydrogens (primary N) is 1. The van der Waals surface area contributed by atoms with Crippen LogP contribution in [-0.2, 0) is 6.42 Å². The van der Waals surface area contributed by atoms with Crippen molar-refractivity contribution in [2.45, 2.75) is 6.42 Å². The van der Waals surface area contributed by atoms with Crippen LogP contribution in [-0.4, -0.2) is 70.8 Å². The molecule has 0 aliphatic rings. The Morgan fingerprint density at radius 1 is 0.905 bits per heavy atom. The van der Waals surface area contributed by atoms with E-state index >= 15 is 0 Å². The van der Waals surface area contributed by atoms with E-state index in [1.165, 1.54) is 5.56 Å². The van der Waals surface area contributed by atoms with Crippen molar-refractivity contribution >= 4 is 0 Å². The van der Waals surface area contributed by atoms with Crippen LogP contribution in [0.1, 0.15) is 5.56 Å². The first-order valence-electron chi connectivity index (χ1n) is 7.41. The van der Waals surface area contributed by atoms with E-state index < -0.39 is 0 Å². The first kappa shape index (κ1) is 17.8. The fourth-order valence-electron chi connectivity index (χ4n) is 1.78. The molecule has 5 nitrogen and oxygen atoms in total. The number of nitrogens with zero attached hydrogens (tertiary/aromatic N) is 2. The number of rotatable bonds is 10. The van der Waals surface area contributed by atoms with Gasteiger partial charge in [-0.15, -0.1) is 0 Å². The molecule has 0 fully saturated rings. The largest absolute Gasteiger partial charge is 0.488 e. The van der Waals surface area contributed by atoms with Crippen LogP contribution in [0.2, 0.25) is 0 Å². The Labute approximate surface area is 128 Å². The maximum absolute atomic E-state index is 5.87. The lowest BCUT2D eigenvalue weighted by atomic mass is 10.1. The highest BCUT2D eigenvalue weighted by Gasteiger charge is 2.07. The van der Waals surface area contributed by atoms with Crippen molar-refractivity contribution in [1.29, 1.82) is 0 Å². The van der Waals surface area contributed by atoms with Gasteiger partial charge in [-0.25, -0.2) is 0 Å². The summed E-state index contributed by atoms with van der Waals surface area (Å²) in [6.45, 7) is 3.67. The van der Waals surface area contributed by atoms with Gasteiger partial charge < -0.3 is 25.0 Å². The Bertz CT molecular complexity index is 409. The molecule has 0 aliphatic heterocycles. The quantitative estimate of drug-likeness (QED) is 0.700. The zero-order valence-electron chi connectivity index (χ0n) is 13.8. The van der Waals surface area contributed by atoms with E-state index in [1.807, 2.05) is 40.3 Å². The van der Waals surface area contributed by atoms with E-state index in [1.54, 1.807) is 0 Å². The van der Waals surface area contributed by atoms with Crippen molar-refractivity contribution in [3.05, 3.63) is 23.8 Å². The Kier molecular flexibility index (Phi) is 8.12. The fraction of sp³-hybridized carbons (Fsp3) is 0.625. The molecule has 0 bridgehead atoms. The van der Waals surface area contributed by atoms with E-state index in [0.717, 1.165) is 31.0 Å². The fourth-order valence-corrected chi connectivity index (χ4v) is 1.78. The van der Waals surface area contributed by atoms with Gasteiger partial charge in [0.2, 0.25) is 0 Å². The topological polar surface area (TPSA) is 51.0 Å². The molecule has 0 aromatic heterocycles. The lowest BCUT2D eigenvalue weighted by molar-refractivity contribution is 0.227. The number of benzene rings is 1. The summed E-state index contributed by atoms with van der Waals surface area (Å²) in [6, 6.07) is 6.07. The summed E-state index contributed by atoms with van der Waals surface area (Å²) >= 11 is 0. The summed E-state index contributed by atoms with van der Waals surface area (Å²) in [5.74, 6) is 1.61. The smallest absolute Gasteiger partial charge is 0.161 e. The molecule has 1 aromatic carbocycles. The minimum Gasteiger partial charge on any atom is -0.488 e. The molecule has 0 radical (unpaired) electrons. The molecule has 120 valence electrons. The van der Waals surface area contributed by atoms with Crippen LogP contribution in [0.3, 0.4) is 0 Å². The Morgan fingerprint density at radius 3 is 2.00 bits per heavy atom. The van der Waals surface area contributed by atoms with Crippen molar-refractivity contribution in [2.75, 3.05) is 61.0 Å². The molecule has 0 aliphatic carbocycles. The molecule has 0 amide bonds. The van der Waals surface area contributed by atoms with Gasteiger partial charge in [-0.1, -0.05) is 6.07 Å². The summed E-state index contributed by atoms with van der Waals surface area (Å²) in [4.78, 5) is 4.19. The molecule has 0 saturated heterocycles. The zero-order valence-corrected chi connectivity index (χ0v) is 13.8. The highest BCUT2D eigenvalue weighted by molar-refractivity contribution is 5.43. The van der Waals surface area contributed by atoms with E-state index in [4.69, 9.17) is 15.2 Å². The second kappa shape index (κ2) is 9.60. The lowest BCUT2D eigenvalue weighted by Gasteiger charge is -2.17. The Balaban J connectivity index is 2.68. The summed E-state index contributed by atoms with van der Waals surface area (Å²) in [7, 11) is 8.12. The number of ether oxygens (including phenoxy) is 2. The van der Waals surface area contributed by atoms with Gasteiger partial charge in [-0.3, -0.25) is 0 Å². The Hall–Kier alpha value is -1.30. The van der Waals surface area contributed by atoms with Gasteiger partial charge in [0.1, 0.15) is 13.2 Å². The lowest BCUT2D eigenvalue weighted by Crippen LogP contribution is -2.21. The third kappa shape index (κ3) is 7.32. The molecule has 21 heavy (non-hydrogen) atoms. The molecule has 1 aromatic rings. The maximum atomic E-state index is 5.87. The van der Waals surface area contributed by atoms with Gasteiger partial charge in [0.25, 0.3) is 0 Å². The van der Waals surface area contributed by atoms with Crippen LogP contribution < -0.4 is 15.2 Å². The van der Waals surface area contributed by atoms with Gasteiger partial charge in [0.15, 0.2) is 11.5 Å². The predicted molar refractivity (Wildman–Crippen MR) is 87.3 cm³/mol. The zero-order chi connectivity index (χ0) is 15.7. The molecule has 0 saturated carbocycles. The SMILES string of the molecule is CN(C)CCOc1ccc(CCN)cc1OCCN(C)C. The second-order valence-electron chi connectivity index (χ2n) is 5.62. The van der Waals surface area contributed by atoms with E-state index in [2.05, 4.69) is 15.9 Å². The highest BCUT2D eigenvalue weighted by Crippen LogP contribution is 2.28. The summed E-state index contributed by atoms with van der Waals surface area (Å²) in [5, 5.41) is 0. The molecule has 2 N–H and O–H groups in total. The molecular formula is C16H29N3O2. The normalized spacial score (nSPS) is 11.2. The van der Waals surface area contributed by atoms with Crippen molar-refractivity contribution in [3.8, 4) is 11.5 Å². The average Bonchev–Trinajstić information content (AvgIpc) is 2.40. The third-order valence-electron chi connectivity index (χ3n) is 3.03. The summed E-state index contributed by atoms with van der Waals surface area (Å²) < 4.78 is 11.7. The summed E-state index contributed by atoms with van der Waals surface area (Å²) in [6.07, 6.45) is 0.849. The summed E-state index contributed by atoms with van der Waals surface area (Å²) in [5.41, 5.74) is 6.80. The van der Waals surface area contributed by atoms with Crippen LogP contribution in [0, 0.1) is 0 Å². The van der Waals surface area contributed by atoms with Gasteiger partial charge in [0, 0.05) is 13.1 Å². The maximum Gasteiger partial charge on any atom is 0.161 e. The van der Waals surface area contributed by atoms with Gasteiger partial charge in [0.05, 0.1) is 0 Å². The minimum atomic E-state index is 0.637. The van der Waals surface area contributed by atoms with Gasteiger partial charge in [-0.05, 0) is 58.9 Å².